The molecular formula is C19H25N3O3. The van der Waals surface area contributed by atoms with Gasteiger partial charge in [0.05, 0.1) is 25.3 Å². The second-order valence-electron chi connectivity index (χ2n) is 7.20. The molecule has 25 heavy (non-hydrogen) atoms. The van der Waals surface area contributed by atoms with E-state index in [1.807, 2.05) is 31.0 Å². The molecule has 0 unspecified atom stereocenters. The van der Waals surface area contributed by atoms with Gasteiger partial charge in [0.15, 0.2) is 0 Å². The summed E-state index contributed by atoms with van der Waals surface area (Å²) in [4.78, 5) is 14.0. The minimum Gasteiger partial charge on any atom is -0.497 e. The number of hydrogen-bond donors (Lipinski definition) is 2. The summed E-state index contributed by atoms with van der Waals surface area (Å²) in [6.45, 7) is 4.22. The summed E-state index contributed by atoms with van der Waals surface area (Å²) in [7, 11) is 3.71. The lowest BCUT2D eigenvalue weighted by Crippen LogP contribution is -2.67. The number of fused-ring (bicyclic) bond motifs is 4. The van der Waals surface area contributed by atoms with Gasteiger partial charge in [0.2, 0.25) is 5.91 Å². The lowest BCUT2D eigenvalue weighted by Gasteiger charge is -2.53. The molecule has 1 aromatic heterocycles. The summed E-state index contributed by atoms with van der Waals surface area (Å²) >= 11 is 0. The highest BCUT2D eigenvalue weighted by Crippen LogP contribution is 2.46. The highest BCUT2D eigenvalue weighted by atomic mass is 16.5. The van der Waals surface area contributed by atoms with E-state index in [9.17, 15) is 9.90 Å². The summed E-state index contributed by atoms with van der Waals surface area (Å²) in [6.07, 6.45) is 0.544. The van der Waals surface area contributed by atoms with Crippen molar-refractivity contribution < 1.29 is 14.6 Å². The van der Waals surface area contributed by atoms with E-state index >= 15 is 0 Å². The number of nitrogens with zero attached hydrogens (tertiary/aromatic N) is 2. The molecule has 2 N–H and O–H groups in total. The van der Waals surface area contributed by atoms with Crippen LogP contribution < -0.4 is 10.1 Å². The van der Waals surface area contributed by atoms with E-state index in [1.54, 1.807) is 7.11 Å². The largest absolute Gasteiger partial charge is 0.497 e. The van der Waals surface area contributed by atoms with Crippen LogP contribution in [-0.4, -0.2) is 53.8 Å². The first-order valence-electron chi connectivity index (χ1n) is 8.83. The number of aromatic nitrogens is 1. The first kappa shape index (κ1) is 16.4. The fraction of sp³-hybridized carbons (Fsp3) is 0.526. The van der Waals surface area contributed by atoms with Crippen LogP contribution >= 0.6 is 0 Å². The molecule has 1 fully saturated rings. The normalized spacial score (nSPS) is 21.3. The first-order chi connectivity index (χ1) is 12.0. The molecular weight excluding hydrogens is 318 g/mol. The van der Waals surface area contributed by atoms with Crippen molar-refractivity contribution in [2.24, 2.45) is 7.05 Å². The third kappa shape index (κ3) is 2.20. The Morgan fingerprint density at radius 3 is 2.84 bits per heavy atom. The van der Waals surface area contributed by atoms with E-state index in [4.69, 9.17) is 4.74 Å². The first-order valence-corrected chi connectivity index (χ1v) is 8.83. The van der Waals surface area contributed by atoms with Crippen molar-refractivity contribution in [1.82, 2.24) is 14.8 Å². The number of nitrogens with one attached hydrogen (secondary N) is 1. The minimum absolute atomic E-state index is 0.0575. The number of carbonyl (C=O) groups excluding carboxylic acids is 1. The summed E-state index contributed by atoms with van der Waals surface area (Å²) in [5.74, 6) is 1.03. The average molecular weight is 343 g/mol. The Kier molecular flexibility index (Phi) is 3.77. The Bertz CT molecular complexity index is 836. The van der Waals surface area contributed by atoms with E-state index in [-0.39, 0.29) is 24.0 Å². The molecule has 6 heteroatoms. The zero-order chi connectivity index (χ0) is 17.8. The van der Waals surface area contributed by atoms with Crippen LogP contribution in [0.1, 0.15) is 30.6 Å². The second kappa shape index (κ2) is 5.75. The molecule has 0 bridgehead atoms. The molecule has 4 rings (SSSR count). The van der Waals surface area contributed by atoms with Gasteiger partial charge in [0, 0.05) is 55.7 Å². The summed E-state index contributed by atoms with van der Waals surface area (Å²) in [5, 5.41) is 14.5. The third-order valence-electron chi connectivity index (χ3n) is 5.83. The smallest absolute Gasteiger partial charge is 0.222 e. The van der Waals surface area contributed by atoms with Crippen LogP contribution in [0.15, 0.2) is 18.2 Å². The maximum Gasteiger partial charge on any atom is 0.222 e. The summed E-state index contributed by atoms with van der Waals surface area (Å²) < 4.78 is 7.55. The summed E-state index contributed by atoms with van der Waals surface area (Å²) in [6, 6.07) is 6.06. The molecule has 134 valence electrons. The molecule has 2 aliphatic heterocycles. The second-order valence-corrected chi connectivity index (χ2v) is 7.20. The van der Waals surface area contributed by atoms with Crippen LogP contribution in [0.2, 0.25) is 0 Å². The Labute approximate surface area is 147 Å². The van der Waals surface area contributed by atoms with E-state index in [1.165, 1.54) is 10.9 Å². The van der Waals surface area contributed by atoms with Crippen molar-refractivity contribution >= 4 is 16.8 Å². The van der Waals surface area contributed by atoms with Crippen LogP contribution in [0.4, 0.5) is 0 Å². The number of rotatable bonds is 3. The third-order valence-corrected chi connectivity index (χ3v) is 5.83. The van der Waals surface area contributed by atoms with Gasteiger partial charge in [0.25, 0.3) is 0 Å². The van der Waals surface area contributed by atoms with Crippen molar-refractivity contribution in [3.05, 3.63) is 29.5 Å². The van der Waals surface area contributed by atoms with Gasteiger partial charge in [-0.15, -0.1) is 0 Å². The molecule has 1 amide bonds. The van der Waals surface area contributed by atoms with Crippen LogP contribution in [0.5, 0.6) is 5.75 Å². The summed E-state index contributed by atoms with van der Waals surface area (Å²) in [5.41, 5.74) is 3.44. The Balaban J connectivity index is 1.87. The van der Waals surface area contributed by atoms with Crippen LogP contribution in [0, 0.1) is 0 Å². The maximum absolute atomic E-state index is 12.0. The van der Waals surface area contributed by atoms with Crippen molar-refractivity contribution in [2.45, 2.75) is 24.8 Å². The van der Waals surface area contributed by atoms with Crippen molar-refractivity contribution in [3.8, 4) is 5.75 Å². The van der Waals surface area contributed by atoms with Gasteiger partial charge in [-0.3, -0.25) is 4.79 Å². The number of carbonyl (C=O) groups is 1. The number of methoxy groups -OCH3 is 1. The number of amides is 1. The molecule has 1 spiro atoms. The van der Waals surface area contributed by atoms with Gasteiger partial charge < -0.3 is 24.6 Å². The van der Waals surface area contributed by atoms with Gasteiger partial charge in [-0.25, -0.2) is 0 Å². The standard InChI is InChI=1S/C19H25N3O3/c1-4-16(24)22-10-19(11-22)9-20-14(8-23)18-17(19)13-6-5-12(25-3)7-15(13)21(18)2/h5-7,14,20,23H,4,8-11H2,1-3H3/t14-/m0/s1. The van der Waals surface area contributed by atoms with E-state index in [0.717, 1.165) is 36.6 Å². The Morgan fingerprint density at radius 2 is 2.20 bits per heavy atom. The van der Waals surface area contributed by atoms with Crippen LogP contribution in [-0.2, 0) is 17.3 Å². The van der Waals surface area contributed by atoms with Crippen molar-refractivity contribution in [3.63, 3.8) is 0 Å². The molecule has 6 nitrogen and oxygen atoms in total. The number of ether oxygens (including phenoxy) is 1. The topological polar surface area (TPSA) is 66.7 Å². The van der Waals surface area contributed by atoms with Gasteiger partial charge in [-0.05, 0) is 17.7 Å². The molecule has 1 saturated heterocycles. The maximum atomic E-state index is 12.0. The van der Waals surface area contributed by atoms with Crippen molar-refractivity contribution in [2.75, 3.05) is 33.4 Å². The zero-order valence-electron chi connectivity index (χ0n) is 15.0. The number of hydrogen-bond acceptors (Lipinski definition) is 4. The molecule has 2 aliphatic rings. The highest BCUT2D eigenvalue weighted by molar-refractivity contribution is 5.89. The fourth-order valence-corrected chi connectivity index (χ4v) is 4.54. The van der Waals surface area contributed by atoms with Crippen LogP contribution in [0.3, 0.4) is 0 Å². The Morgan fingerprint density at radius 1 is 1.44 bits per heavy atom. The molecule has 1 aromatic carbocycles. The van der Waals surface area contributed by atoms with E-state index in [0.29, 0.717) is 6.42 Å². The molecule has 2 aromatic rings. The van der Waals surface area contributed by atoms with E-state index in [2.05, 4.69) is 16.0 Å². The number of aliphatic hydroxyl groups excluding tert-OH is 1. The minimum atomic E-state index is -0.0834. The quantitative estimate of drug-likeness (QED) is 0.882. The number of benzene rings is 1. The monoisotopic (exact) mass is 343 g/mol. The predicted molar refractivity (Wildman–Crippen MR) is 95.8 cm³/mol. The fourth-order valence-electron chi connectivity index (χ4n) is 4.54. The van der Waals surface area contributed by atoms with Gasteiger partial charge in [-0.2, -0.15) is 0 Å². The van der Waals surface area contributed by atoms with Crippen LogP contribution in [0.25, 0.3) is 10.9 Å². The Hall–Kier alpha value is -2.05. The van der Waals surface area contributed by atoms with E-state index < -0.39 is 0 Å². The number of likely N-dealkylation sites (tertiary alicyclic amines) is 1. The molecule has 0 saturated carbocycles. The van der Waals surface area contributed by atoms with Gasteiger partial charge in [0.1, 0.15) is 5.75 Å². The predicted octanol–water partition coefficient (Wildman–Crippen LogP) is 1.31. The SMILES string of the molecule is CCC(=O)N1CC2(CN[C@@H](CO)c3c2c2ccc(OC)cc2n3C)C1. The molecule has 1 atom stereocenters. The number of aryl methyl sites for hydroxylation is 1. The van der Waals surface area contributed by atoms with Crippen molar-refractivity contribution in [1.29, 1.82) is 0 Å². The number of aliphatic hydroxyl groups is 1. The lowest BCUT2D eigenvalue weighted by atomic mass is 9.69. The highest BCUT2D eigenvalue weighted by Gasteiger charge is 2.51. The molecule has 3 heterocycles. The van der Waals surface area contributed by atoms with Gasteiger partial charge in [-0.1, -0.05) is 6.92 Å². The zero-order valence-corrected chi connectivity index (χ0v) is 15.0. The molecule has 0 radical (unpaired) electrons. The average Bonchev–Trinajstić information content (AvgIpc) is 2.91. The molecule has 0 aliphatic carbocycles. The van der Waals surface area contributed by atoms with Gasteiger partial charge >= 0.3 is 0 Å². The lowest BCUT2D eigenvalue weighted by molar-refractivity contribution is -0.138.